The largest absolute Gasteiger partial charge is 0.477 e. The number of hydrogen-bond acceptors (Lipinski definition) is 8. The summed E-state index contributed by atoms with van der Waals surface area (Å²) in [6, 6.07) is -0.478. The van der Waals surface area contributed by atoms with Gasteiger partial charge in [0, 0.05) is 41.2 Å². The number of thioether (sulfide) groups is 1. The van der Waals surface area contributed by atoms with Crippen molar-refractivity contribution in [2.24, 2.45) is 11.8 Å². The van der Waals surface area contributed by atoms with Gasteiger partial charge in [-0.1, -0.05) is 6.92 Å². The second kappa shape index (κ2) is 9.30. The van der Waals surface area contributed by atoms with Gasteiger partial charge in [0.2, 0.25) is 11.8 Å². The zero-order valence-corrected chi connectivity index (χ0v) is 19.1. The molecule has 0 spiro atoms. The highest BCUT2D eigenvalue weighted by Crippen LogP contribution is 2.51. The fourth-order valence-electron chi connectivity index (χ4n) is 5.37. The highest BCUT2D eigenvalue weighted by molar-refractivity contribution is 8.03. The first-order valence-corrected chi connectivity index (χ1v) is 12.1. The quantitative estimate of drug-likeness (QED) is 0.242. The number of fused-ring (bicyclic) bond motifs is 1. The van der Waals surface area contributed by atoms with E-state index in [0.29, 0.717) is 17.9 Å². The van der Waals surface area contributed by atoms with E-state index in [4.69, 9.17) is 0 Å². The van der Waals surface area contributed by atoms with Crippen molar-refractivity contribution < 1.29 is 29.7 Å². The lowest BCUT2D eigenvalue weighted by molar-refractivity contribution is -0.163. The number of carboxylic acids is 1. The normalized spacial score (nSPS) is 36.1. The first-order valence-electron chi connectivity index (χ1n) is 11.3. The molecule has 6 N–H and O–H groups in total. The van der Waals surface area contributed by atoms with E-state index in [1.807, 2.05) is 6.92 Å². The third-order valence-electron chi connectivity index (χ3n) is 7.01. The van der Waals surface area contributed by atoms with Gasteiger partial charge in [0.15, 0.2) is 0 Å². The molecule has 3 fully saturated rings. The maximum absolute atomic E-state index is 12.5. The van der Waals surface area contributed by atoms with Crippen molar-refractivity contribution in [3.63, 3.8) is 0 Å². The molecule has 2 amide bonds. The second-order valence-electron chi connectivity index (χ2n) is 9.29. The Labute approximate surface area is 191 Å². The molecule has 11 heteroatoms. The van der Waals surface area contributed by atoms with Gasteiger partial charge < -0.3 is 36.2 Å². The Morgan fingerprint density at radius 3 is 2.69 bits per heavy atom. The van der Waals surface area contributed by atoms with Crippen LogP contribution < -0.4 is 16.0 Å². The van der Waals surface area contributed by atoms with Crippen molar-refractivity contribution in [2.75, 3.05) is 19.6 Å². The van der Waals surface area contributed by atoms with Crippen molar-refractivity contribution in [1.29, 1.82) is 0 Å². The van der Waals surface area contributed by atoms with Gasteiger partial charge in [-0.05, 0) is 26.3 Å². The Kier molecular flexibility index (Phi) is 6.83. The van der Waals surface area contributed by atoms with Crippen LogP contribution in [0.2, 0.25) is 0 Å². The fourth-order valence-corrected chi connectivity index (χ4v) is 6.86. The standard InChI is InChI=1S/C21H32N4O6S/c1-9-17-16(10(2)26)20(29)25(17)18(21(30)31)19(9)32-12-5-13(23-8-12)14(27)6-15(28)24-11-3-4-22-7-11/h9-14,16-17,22-23,26-27H,3-8H2,1-2H3,(H,24,28)(H,30,31)/t9-,10-,11+,12+,13+,14?,16-,17-/m1/s1. The number of nitrogens with one attached hydrogen (secondary N) is 3. The fraction of sp³-hybridized carbons (Fsp3) is 0.762. The first-order chi connectivity index (χ1) is 15.2. The minimum Gasteiger partial charge on any atom is -0.477 e. The predicted molar refractivity (Wildman–Crippen MR) is 117 cm³/mol. The summed E-state index contributed by atoms with van der Waals surface area (Å²) in [5, 5.41) is 39.7. The van der Waals surface area contributed by atoms with E-state index in [0.717, 1.165) is 19.5 Å². The number of β-lactam (4-membered cyclic amide) rings is 1. The lowest BCUT2D eigenvalue weighted by Gasteiger charge is -2.46. The molecule has 178 valence electrons. The zero-order chi connectivity index (χ0) is 23.2. The molecule has 0 aromatic carbocycles. The number of carbonyl (C=O) groups is 3. The molecule has 0 bridgehead atoms. The number of aliphatic carboxylic acids is 1. The van der Waals surface area contributed by atoms with E-state index >= 15 is 0 Å². The van der Waals surface area contributed by atoms with Gasteiger partial charge in [0.05, 0.1) is 30.6 Å². The van der Waals surface area contributed by atoms with Gasteiger partial charge in [-0.15, -0.1) is 11.8 Å². The van der Waals surface area contributed by atoms with Gasteiger partial charge >= 0.3 is 5.97 Å². The van der Waals surface area contributed by atoms with Crippen LogP contribution in [0, 0.1) is 11.8 Å². The summed E-state index contributed by atoms with van der Waals surface area (Å²) in [5.41, 5.74) is 0.0166. The Hall–Kier alpha value is -1.66. The Balaban J connectivity index is 1.36. The highest BCUT2D eigenvalue weighted by Gasteiger charge is 2.60. The molecule has 4 heterocycles. The molecule has 0 aliphatic carbocycles. The average molecular weight is 469 g/mol. The molecule has 4 rings (SSSR count). The SMILES string of the molecule is C[C@@H](O)[C@H]1C(=O)N2C(C(=O)O)=C(S[C@@H]3CN[C@H](C(O)CC(=O)N[C@H]4CCNC4)C3)[C@H](C)[C@H]12. The summed E-state index contributed by atoms with van der Waals surface area (Å²) in [6.45, 7) is 5.66. The summed E-state index contributed by atoms with van der Waals surface area (Å²) in [5.74, 6) is -2.41. The van der Waals surface area contributed by atoms with Gasteiger partial charge in [-0.25, -0.2) is 4.79 Å². The summed E-state index contributed by atoms with van der Waals surface area (Å²) in [4.78, 5) is 38.6. The number of hydrogen-bond donors (Lipinski definition) is 6. The first kappa shape index (κ1) is 23.5. The summed E-state index contributed by atoms with van der Waals surface area (Å²) in [7, 11) is 0. The van der Waals surface area contributed by atoms with Crippen LogP contribution >= 0.6 is 11.8 Å². The van der Waals surface area contributed by atoms with Gasteiger partial charge in [-0.3, -0.25) is 9.59 Å². The minimum absolute atomic E-state index is 0.0161. The number of carbonyl (C=O) groups excluding carboxylic acids is 2. The van der Waals surface area contributed by atoms with Crippen molar-refractivity contribution in [1.82, 2.24) is 20.9 Å². The van der Waals surface area contributed by atoms with Crippen LogP contribution in [0.1, 0.15) is 33.1 Å². The molecule has 0 aromatic heterocycles. The molecular formula is C21H32N4O6S. The Morgan fingerprint density at radius 2 is 2.06 bits per heavy atom. The number of aliphatic hydroxyl groups excluding tert-OH is 2. The van der Waals surface area contributed by atoms with Crippen LogP contribution in [-0.4, -0.2) is 93.2 Å². The van der Waals surface area contributed by atoms with Gasteiger partial charge in [-0.2, -0.15) is 0 Å². The van der Waals surface area contributed by atoms with Crippen molar-refractivity contribution >= 4 is 29.5 Å². The van der Waals surface area contributed by atoms with Crippen LogP contribution in [0.25, 0.3) is 0 Å². The third kappa shape index (κ3) is 4.28. The maximum atomic E-state index is 12.5. The molecule has 4 aliphatic rings. The summed E-state index contributed by atoms with van der Waals surface area (Å²) in [6.07, 6.45) is -0.163. The molecule has 0 radical (unpaired) electrons. The monoisotopic (exact) mass is 468 g/mol. The second-order valence-corrected chi connectivity index (χ2v) is 10.6. The smallest absolute Gasteiger partial charge is 0.353 e. The molecule has 10 nitrogen and oxygen atoms in total. The lowest BCUT2D eigenvalue weighted by Crippen LogP contribution is -2.63. The number of rotatable bonds is 8. The number of nitrogens with zero attached hydrogens (tertiary/aromatic N) is 1. The predicted octanol–water partition coefficient (Wildman–Crippen LogP) is -1.17. The molecule has 0 saturated carbocycles. The number of carboxylic acid groups (broad SMARTS) is 1. The topological polar surface area (TPSA) is 151 Å². The molecule has 3 saturated heterocycles. The molecule has 8 atom stereocenters. The third-order valence-corrected chi connectivity index (χ3v) is 8.53. The molecule has 32 heavy (non-hydrogen) atoms. The van der Waals surface area contributed by atoms with E-state index < -0.39 is 24.1 Å². The van der Waals surface area contributed by atoms with Crippen molar-refractivity contribution in [3.05, 3.63) is 10.6 Å². The van der Waals surface area contributed by atoms with Crippen molar-refractivity contribution in [2.45, 2.75) is 68.7 Å². The summed E-state index contributed by atoms with van der Waals surface area (Å²) >= 11 is 1.43. The molecule has 0 aromatic rings. The van der Waals surface area contributed by atoms with Crippen LogP contribution in [-0.2, 0) is 14.4 Å². The number of amides is 2. The molecule has 4 aliphatic heterocycles. The van der Waals surface area contributed by atoms with E-state index in [-0.39, 0.29) is 53.2 Å². The van der Waals surface area contributed by atoms with E-state index in [1.54, 1.807) is 6.92 Å². The maximum Gasteiger partial charge on any atom is 0.353 e. The lowest BCUT2D eigenvalue weighted by atomic mass is 9.79. The summed E-state index contributed by atoms with van der Waals surface area (Å²) < 4.78 is 0. The average Bonchev–Trinajstić information content (AvgIpc) is 3.42. The van der Waals surface area contributed by atoms with Crippen LogP contribution in [0.5, 0.6) is 0 Å². The Bertz CT molecular complexity index is 814. The van der Waals surface area contributed by atoms with Crippen LogP contribution in [0.15, 0.2) is 10.6 Å². The Morgan fingerprint density at radius 1 is 1.31 bits per heavy atom. The van der Waals surface area contributed by atoms with Gasteiger partial charge in [0.1, 0.15) is 5.70 Å². The van der Waals surface area contributed by atoms with Crippen molar-refractivity contribution in [3.8, 4) is 0 Å². The zero-order valence-electron chi connectivity index (χ0n) is 18.3. The van der Waals surface area contributed by atoms with E-state index in [9.17, 15) is 29.7 Å². The van der Waals surface area contributed by atoms with Crippen LogP contribution in [0.3, 0.4) is 0 Å². The van der Waals surface area contributed by atoms with E-state index in [1.165, 1.54) is 16.7 Å². The highest BCUT2D eigenvalue weighted by atomic mass is 32.2. The van der Waals surface area contributed by atoms with Gasteiger partial charge in [0.25, 0.3) is 0 Å². The molecule has 1 unspecified atom stereocenters. The van der Waals surface area contributed by atoms with E-state index in [2.05, 4.69) is 16.0 Å². The minimum atomic E-state index is -1.14. The number of aliphatic hydroxyl groups is 2. The molecular weight excluding hydrogens is 436 g/mol. The van der Waals surface area contributed by atoms with Crippen LogP contribution in [0.4, 0.5) is 0 Å².